The van der Waals surface area contributed by atoms with Crippen molar-refractivity contribution in [2.24, 2.45) is 0 Å². The molecule has 3 rings (SSSR count). The van der Waals surface area contributed by atoms with E-state index < -0.39 is 0 Å². The molecular weight excluding hydrogens is 336 g/mol. The smallest absolute Gasteiger partial charge is 0.273 e. The minimum atomic E-state index is -0.107. The molecular formula is C22H24N4O. The van der Waals surface area contributed by atoms with E-state index in [1.165, 1.54) is 0 Å². The SMILES string of the molecule is Cc1ccccc1Nc1nccc(C(=O)N(Cc2ccccc2)C(C)C)n1. The van der Waals surface area contributed by atoms with E-state index in [4.69, 9.17) is 0 Å². The fourth-order valence-electron chi connectivity index (χ4n) is 2.79. The number of hydrogen-bond donors (Lipinski definition) is 1. The zero-order chi connectivity index (χ0) is 19.2. The molecule has 0 saturated carbocycles. The number of hydrogen-bond acceptors (Lipinski definition) is 4. The van der Waals surface area contributed by atoms with Crippen molar-refractivity contribution >= 4 is 17.5 Å². The van der Waals surface area contributed by atoms with Gasteiger partial charge in [0.15, 0.2) is 0 Å². The van der Waals surface area contributed by atoms with Crippen molar-refractivity contribution in [3.63, 3.8) is 0 Å². The van der Waals surface area contributed by atoms with Crippen molar-refractivity contribution in [2.75, 3.05) is 5.32 Å². The third kappa shape index (κ3) is 4.70. The molecule has 1 heterocycles. The Hall–Kier alpha value is -3.21. The highest BCUT2D eigenvalue weighted by Gasteiger charge is 2.21. The molecule has 1 N–H and O–H groups in total. The van der Waals surface area contributed by atoms with Crippen molar-refractivity contribution in [1.82, 2.24) is 14.9 Å². The summed E-state index contributed by atoms with van der Waals surface area (Å²) in [6, 6.07) is 19.6. The molecule has 138 valence electrons. The van der Waals surface area contributed by atoms with E-state index in [1.54, 1.807) is 12.3 Å². The number of nitrogens with zero attached hydrogens (tertiary/aromatic N) is 3. The molecule has 0 spiro atoms. The van der Waals surface area contributed by atoms with Gasteiger partial charge in [-0.3, -0.25) is 4.79 Å². The van der Waals surface area contributed by atoms with Crippen LogP contribution in [0.2, 0.25) is 0 Å². The molecule has 3 aromatic rings. The summed E-state index contributed by atoms with van der Waals surface area (Å²) in [6.45, 7) is 6.57. The second-order valence-electron chi connectivity index (χ2n) is 6.72. The van der Waals surface area contributed by atoms with Crippen LogP contribution in [-0.2, 0) is 6.54 Å². The molecule has 1 aromatic heterocycles. The molecule has 0 aliphatic carbocycles. The molecule has 0 fully saturated rings. The Bertz CT molecular complexity index is 909. The van der Waals surface area contributed by atoms with E-state index in [0.29, 0.717) is 18.2 Å². The zero-order valence-corrected chi connectivity index (χ0v) is 15.9. The van der Waals surface area contributed by atoms with Gasteiger partial charge in [-0.25, -0.2) is 9.97 Å². The van der Waals surface area contributed by atoms with Crippen LogP contribution in [0.25, 0.3) is 0 Å². The first-order valence-corrected chi connectivity index (χ1v) is 9.05. The predicted molar refractivity (Wildman–Crippen MR) is 108 cm³/mol. The van der Waals surface area contributed by atoms with Gasteiger partial charge in [-0.15, -0.1) is 0 Å². The highest BCUT2D eigenvalue weighted by molar-refractivity contribution is 5.92. The average Bonchev–Trinajstić information content (AvgIpc) is 2.68. The average molecular weight is 360 g/mol. The largest absolute Gasteiger partial charge is 0.331 e. The van der Waals surface area contributed by atoms with Crippen LogP contribution in [-0.4, -0.2) is 26.8 Å². The molecule has 0 atom stereocenters. The van der Waals surface area contributed by atoms with E-state index in [9.17, 15) is 4.79 Å². The molecule has 0 aliphatic rings. The number of aromatic nitrogens is 2. The summed E-state index contributed by atoms with van der Waals surface area (Å²) in [5, 5.41) is 3.19. The minimum absolute atomic E-state index is 0.0560. The second kappa shape index (κ2) is 8.45. The number of carbonyl (C=O) groups excluding carboxylic acids is 1. The lowest BCUT2D eigenvalue weighted by Crippen LogP contribution is -2.37. The summed E-state index contributed by atoms with van der Waals surface area (Å²) in [4.78, 5) is 23.6. The standard InChI is InChI=1S/C22H24N4O/c1-16(2)26(15-18-10-5-4-6-11-18)21(27)20-13-14-23-22(25-20)24-19-12-8-7-9-17(19)3/h4-14,16H,15H2,1-3H3,(H,23,24,25). The third-order valence-corrected chi connectivity index (χ3v) is 4.35. The fourth-order valence-corrected chi connectivity index (χ4v) is 2.79. The lowest BCUT2D eigenvalue weighted by molar-refractivity contribution is 0.0684. The Morgan fingerprint density at radius 2 is 1.74 bits per heavy atom. The summed E-state index contributed by atoms with van der Waals surface area (Å²) in [5.74, 6) is 0.308. The topological polar surface area (TPSA) is 58.1 Å². The summed E-state index contributed by atoms with van der Waals surface area (Å²) in [6.07, 6.45) is 1.61. The van der Waals surface area contributed by atoms with Crippen LogP contribution < -0.4 is 5.32 Å². The number of benzene rings is 2. The van der Waals surface area contributed by atoms with E-state index in [-0.39, 0.29) is 11.9 Å². The summed E-state index contributed by atoms with van der Waals surface area (Å²) in [7, 11) is 0. The highest BCUT2D eigenvalue weighted by Crippen LogP contribution is 2.18. The van der Waals surface area contributed by atoms with E-state index in [2.05, 4.69) is 15.3 Å². The van der Waals surface area contributed by atoms with Gasteiger partial charge in [0.1, 0.15) is 5.69 Å². The van der Waals surface area contributed by atoms with Crippen molar-refractivity contribution in [3.8, 4) is 0 Å². The Morgan fingerprint density at radius 1 is 1.04 bits per heavy atom. The molecule has 0 radical (unpaired) electrons. The highest BCUT2D eigenvalue weighted by atomic mass is 16.2. The molecule has 1 amide bonds. The molecule has 0 saturated heterocycles. The first-order chi connectivity index (χ1) is 13.0. The van der Waals surface area contributed by atoms with Gasteiger partial charge in [0, 0.05) is 24.5 Å². The van der Waals surface area contributed by atoms with Gasteiger partial charge in [-0.2, -0.15) is 0 Å². The number of anilines is 2. The van der Waals surface area contributed by atoms with Crippen molar-refractivity contribution in [2.45, 2.75) is 33.4 Å². The van der Waals surface area contributed by atoms with Crippen LogP contribution in [0.15, 0.2) is 66.9 Å². The summed E-state index contributed by atoms with van der Waals surface area (Å²) < 4.78 is 0. The molecule has 0 aliphatic heterocycles. The molecule has 2 aromatic carbocycles. The number of para-hydroxylation sites is 1. The molecule has 27 heavy (non-hydrogen) atoms. The third-order valence-electron chi connectivity index (χ3n) is 4.35. The van der Waals surface area contributed by atoms with Crippen LogP contribution in [0.3, 0.4) is 0 Å². The van der Waals surface area contributed by atoms with E-state index in [0.717, 1.165) is 16.8 Å². The maximum absolute atomic E-state index is 13.1. The molecule has 0 bridgehead atoms. The minimum Gasteiger partial charge on any atom is -0.331 e. The van der Waals surface area contributed by atoms with Crippen molar-refractivity contribution in [3.05, 3.63) is 83.7 Å². The van der Waals surface area contributed by atoms with Crippen LogP contribution in [0.4, 0.5) is 11.6 Å². The molecule has 5 heteroatoms. The first kappa shape index (κ1) is 18.6. The Balaban J connectivity index is 1.81. The monoisotopic (exact) mass is 360 g/mol. The summed E-state index contributed by atoms with van der Waals surface area (Å²) in [5.41, 5.74) is 3.48. The predicted octanol–water partition coefficient (Wildman–Crippen LogP) is 4.58. The van der Waals surface area contributed by atoms with Gasteiger partial charge >= 0.3 is 0 Å². The maximum Gasteiger partial charge on any atom is 0.273 e. The molecule has 0 unspecified atom stereocenters. The van der Waals surface area contributed by atoms with Gasteiger partial charge in [-0.05, 0) is 44.0 Å². The van der Waals surface area contributed by atoms with Crippen molar-refractivity contribution < 1.29 is 4.79 Å². The number of amides is 1. The van der Waals surface area contributed by atoms with Crippen LogP contribution in [0.5, 0.6) is 0 Å². The molecule has 5 nitrogen and oxygen atoms in total. The van der Waals surface area contributed by atoms with Gasteiger partial charge < -0.3 is 10.2 Å². The van der Waals surface area contributed by atoms with Crippen LogP contribution in [0, 0.1) is 6.92 Å². The maximum atomic E-state index is 13.1. The Kier molecular flexibility index (Phi) is 5.81. The van der Waals surface area contributed by atoms with Crippen LogP contribution in [0.1, 0.15) is 35.5 Å². The lowest BCUT2D eigenvalue weighted by Gasteiger charge is -2.26. The quantitative estimate of drug-likeness (QED) is 0.699. The number of carbonyl (C=O) groups is 1. The van der Waals surface area contributed by atoms with Gasteiger partial charge in [-0.1, -0.05) is 48.5 Å². The van der Waals surface area contributed by atoms with E-state index in [1.807, 2.05) is 80.3 Å². The Morgan fingerprint density at radius 3 is 2.44 bits per heavy atom. The Labute approximate surface area is 160 Å². The van der Waals surface area contributed by atoms with Gasteiger partial charge in [0.25, 0.3) is 5.91 Å². The first-order valence-electron chi connectivity index (χ1n) is 9.05. The van der Waals surface area contributed by atoms with Crippen LogP contribution >= 0.6 is 0 Å². The number of aryl methyl sites for hydroxylation is 1. The normalized spacial score (nSPS) is 10.7. The second-order valence-corrected chi connectivity index (χ2v) is 6.72. The fraction of sp³-hybridized carbons (Fsp3) is 0.227. The zero-order valence-electron chi connectivity index (χ0n) is 15.9. The van der Waals surface area contributed by atoms with Gasteiger partial charge in [0.2, 0.25) is 5.95 Å². The number of rotatable bonds is 6. The lowest BCUT2D eigenvalue weighted by atomic mass is 10.1. The number of nitrogens with one attached hydrogen (secondary N) is 1. The van der Waals surface area contributed by atoms with E-state index >= 15 is 0 Å². The van der Waals surface area contributed by atoms with Gasteiger partial charge in [0.05, 0.1) is 0 Å². The summed E-state index contributed by atoms with van der Waals surface area (Å²) >= 11 is 0. The van der Waals surface area contributed by atoms with Crippen molar-refractivity contribution in [1.29, 1.82) is 0 Å².